The predicted molar refractivity (Wildman–Crippen MR) is 160 cm³/mol. The van der Waals surface area contributed by atoms with Gasteiger partial charge in [0.1, 0.15) is 16.6 Å². The Morgan fingerprint density at radius 2 is 0.675 bits per heavy atom. The third kappa shape index (κ3) is 7.22. The smallest absolute Gasteiger partial charge is 0.160 e. The summed E-state index contributed by atoms with van der Waals surface area (Å²) >= 11 is 34.9. The molecule has 0 spiro atoms. The molecule has 13 heteroatoms. The Morgan fingerprint density at radius 1 is 0.425 bits per heavy atom. The van der Waals surface area contributed by atoms with E-state index in [9.17, 15) is 15.3 Å². The fraction of sp³-hybridized carbons (Fsp3) is 0. The van der Waals surface area contributed by atoms with Crippen molar-refractivity contribution in [2.75, 3.05) is 0 Å². The number of halogens is 6. The van der Waals surface area contributed by atoms with Crippen LogP contribution >= 0.6 is 69.6 Å². The average Bonchev–Trinajstić information content (AvgIpc) is 2.94. The van der Waals surface area contributed by atoms with Crippen LogP contribution in [0.4, 0.5) is 0 Å². The first kappa shape index (κ1) is 32.9. The summed E-state index contributed by atoms with van der Waals surface area (Å²) in [6.07, 6.45) is 4.73. The average molecular weight is 787 g/mol. The number of pyridine rings is 3. The van der Waals surface area contributed by atoms with Crippen LogP contribution in [0.1, 0.15) is 0 Å². The van der Waals surface area contributed by atoms with Crippen LogP contribution in [0, 0.1) is 40.4 Å². The maximum atomic E-state index is 9.53. The minimum Gasteiger partial charge on any atom is -0.504 e. The first-order chi connectivity index (χ1) is 18.6. The van der Waals surface area contributed by atoms with Crippen molar-refractivity contribution in [1.82, 2.24) is 15.0 Å². The number of hydrogen-bond acceptors (Lipinski definition) is 6. The Hall–Kier alpha value is -1.63. The molecule has 203 valence electrons. The van der Waals surface area contributed by atoms with Gasteiger partial charge in [0, 0.05) is 75.1 Å². The summed E-state index contributed by atoms with van der Waals surface area (Å²) in [6.45, 7) is 0. The van der Waals surface area contributed by atoms with E-state index in [1.165, 1.54) is 18.2 Å². The van der Waals surface area contributed by atoms with Crippen molar-refractivity contribution >= 4 is 102 Å². The summed E-state index contributed by atoms with van der Waals surface area (Å²) in [4.78, 5) is 12.0. The molecule has 3 heterocycles. The van der Waals surface area contributed by atoms with Crippen LogP contribution in [0.25, 0.3) is 32.7 Å². The van der Waals surface area contributed by atoms with Crippen LogP contribution in [-0.2, 0) is 0 Å². The number of aromatic nitrogens is 3. The molecule has 6 nitrogen and oxygen atoms in total. The summed E-state index contributed by atoms with van der Waals surface area (Å²) < 4.78 is 0. The topological polar surface area (TPSA) is 99.4 Å². The van der Waals surface area contributed by atoms with E-state index in [1.807, 2.05) is 0 Å². The SMILES string of the molecule is Oc1c(Cl)cc(Cl)c2cccnc12.Oc1c(Cl)cc(Cl)c2cccnc12.Oc1c(Cl)cc(Cl)c2cccnc12.[Pm]. The molecule has 0 aliphatic rings. The van der Waals surface area contributed by atoms with Gasteiger partial charge in [-0.1, -0.05) is 69.6 Å². The van der Waals surface area contributed by atoms with Crippen molar-refractivity contribution in [2.45, 2.75) is 0 Å². The molecular formula is C27H15Cl6N3O3Pm. The van der Waals surface area contributed by atoms with Gasteiger partial charge in [-0.3, -0.25) is 15.0 Å². The van der Waals surface area contributed by atoms with Crippen LogP contribution in [0.15, 0.2) is 73.2 Å². The van der Waals surface area contributed by atoms with E-state index in [0.717, 1.165) is 0 Å². The van der Waals surface area contributed by atoms with E-state index in [4.69, 9.17) is 69.6 Å². The Balaban J connectivity index is 0.000000163. The fourth-order valence-electron chi connectivity index (χ4n) is 3.47. The Kier molecular flexibility index (Phi) is 11.9. The molecule has 0 fully saturated rings. The monoisotopic (exact) mass is 784 g/mol. The van der Waals surface area contributed by atoms with Crippen molar-refractivity contribution in [3.8, 4) is 17.2 Å². The van der Waals surface area contributed by atoms with E-state index >= 15 is 0 Å². The number of rotatable bonds is 0. The minimum absolute atomic E-state index is 0. The first-order valence-electron chi connectivity index (χ1n) is 10.8. The molecule has 6 aromatic rings. The van der Waals surface area contributed by atoms with Gasteiger partial charge in [-0.2, -0.15) is 0 Å². The number of aromatic hydroxyl groups is 3. The van der Waals surface area contributed by atoms with Crippen molar-refractivity contribution in [3.63, 3.8) is 0 Å². The second kappa shape index (κ2) is 14.5. The summed E-state index contributed by atoms with van der Waals surface area (Å²) in [5.41, 5.74) is 1.29. The molecular weight excluding hydrogens is 772 g/mol. The number of benzene rings is 3. The predicted octanol–water partition coefficient (Wildman–Crippen LogP) is 9.74. The molecule has 3 N–H and O–H groups in total. The molecule has 0 saturated heterocycles. The number of fused-ring (bicyclic) bond motifs is 3. The van der Waals surface area contributed by atoms with Gasteiger partial charge in [-0.15, -0.1) is 0 Å². The summed E-state index contributed by atoms with van der Waals surface area (Å²) in [5.74, 6) is -0.0787. The van der Waals surface area contributed by atoms with Crippen LogP contribution < -0.4 is 0 Å². The standard InChI is InChI=1S/3C9H5Cl2NO.Pm/c3*10-6-4-7(11)9(13)8-5(6)2-1-3-12-8;/h3*1-4,13H;. The minimum atomic E-state index is -0.0262. The molecule has 6 rings (SSSR count). The second-order valence-electron chi connectivity index (χ2n) is 7.77. The van der Waals surface area contributed by atoms with Crippen molar-refractivity contribution in [1.29, 1.82) is 0 Å². The quantitative estimate of drug-likeness (QED) is 0.142. The zero-order valence-electron chi connectivity index (χ0n) is 19.8. The number of hydrogen-bond donors (Lipinski definition) is 3. The molecule has 0 saturated carbocycles. The van der Waals surface area contributed by atoms with Crippen LogP contribution in [0.2, 0.25) is 30.1 Å². The normalized spacial score (nSPS) is 10.3. The van der Waals surface area contributed by atoms with Gasteiger partial charge >= 0.3 is 0 Å². The van der Waals surface area contributed by atoms with Crippen molar-refractivity contribution < 1.29 is 55.7 Å². The zero-order chi connectivity index (χ0) is 28.3. The van der Waals surface area contributed by atoms with Gasteiger partial charge in [0.05, 0.1) is 30.1 Å². The van der Waals surface area contributed by atoms with Gasteiger partial charge in [0.2, 0.25) is 0 Å². The Bertz CT molecular complexity index is 1630. The maximum absolute atomic E-state index is 9.53. The van der Waals surface area contributed by atoms with E-state index < -0.39 is 0 Å². The zero-order valence-corrected chi connectivity index (χ0v) is 27.2. The number of phenols is 3. The molecule has 40 heavy (non-hydrogen) atoms. The van der Waals surface area contributed by atoms with Gasteiger partial charge < -0.3 is 15.3 Å². The van der Waals surface area contributed by atoms with E-state index in [2.05, 4.69) is 15.0 Å². The molecule has 0 atom stereocenters. The first-order valence-corrected chi connectivity index (χ1v) is 13.1. The summed E-state index contributed by atoms with van der Waals surface area (Å²) in [7, 11) is 0. The molecule has 3 aromatic carbocycles. The fourth-order valence-corrected chi connectivity index (χ4v) is 5.02. The van der Waals surface area contributed by atoms with E-state index in [-0.39, 0.29) is 72.7 Å². The van der Waals surface area contributed by atoms with Crippen molar-refractivity contribution in [3.05, 3.63) is 103 Å². The molecule has 1 radical (unpaired) electrons. The molecule has 0 aliphatic carbocycles. The van der Waals surface area contributed by atoms with Crippen LogP contribution in [0.3, 0.4) is 0 Å². The van der Waals surface area contributed by atoms with Crippen molar-refractivity contribution in [2.24, 2.45) is 0 Å². The van der Waals surface area contributed by atoms with Gasteiger partial charge in [0.15, 0.2) is 17.2 Å². The number of phenolic OH excluding ortho intramolecular Hbond substituents is 3. The Morgan fingerprint density at radius 3 is 0.925 bits per heavy atom. The Labute approximate surface area is 290 Å². The molecule has 0 bridgehead atoms. The third-order valence-corrected chi connectivity index (χ3v) is 7.11. The van der Waals surface area contributed by atoms with Gasteiger partial charge in [0.25, 0.3) is 0 Å². The number of nitrogens with zero attached hydrogens (tertiary/aromatic N) is 3. The van der Waals surface area contributed by atoms with Gasteiger partial charge in [-0.05, 0) is 54.6 Å². The summed E-state index contributed by atoms with van der Waals surface area (Å²) in [5, 5.41) is 32.8. The molecule has 0 unspecified atom stereocenters. The molecule has 0 amide bonds. The van der Waals surface area contributed by atoms with E-state index in [0.29, 0.717) is 47.8 Å². The molecule has 0 aliphatic heterocycles. The summed E-state index contributed by atoms with van der Waals surface area (Å²) in [6, 6.07) is 15.1. The maximum Gasteiger partial charge on any atom is 0.160 e. The largest absolute Gasteiger partial charge is 0.504 e. The third-order valence-electron chi connectivity index (χ3n) is 5.31. The van der Waals surface area contributed by atoms with Gasteiger partial charge in [-0.25, -0.2) is 0 Å². The van der Waals surface area contributed by atoms with Crippen LogP contribution in [-0.4, -0.2) is 30.3 Å². The molecule has 3 aromatic heterocycles. The van der Waals surface area contributed by atoms with E-state index in [1.54, 1.807) is 55.0 Å². The second-order valence-corrected chi connectivity index (χ2v) is 10.2. The van der Waals surface area contributed by atoms with Crippen LogP contribution in [0.5, 0.6) is 17.2 Å².